The van der Waals surface area contributed by atoms with Crippen molar-refractivity contribution in [1.29, 1.82) is 0 Å². The van der Waals surface area contributed by atoms with Gasteiger partial charge in [-0.05, 0) is 19.8 Å². The Morgan fingerprint density at radius 3 is 1.57 bits per heavy atom. The van der Waals surface area contributed by atoms with Crippen LogP contribution in [0.1, 0.15) is 33.6 Å². The molecule has 0 atom stereocenters. The van der Waals surface area contributed by atoms with E-state index < -0.39 is 0 Å². The summed E-state index contributed by atoms with van der Waals surface area (Å²) in [6, 6.07) is 0. The van der Waals surface area contributed by atoms with Crippen LogP contribution in [-0.4, -0.2) is 4.32 Å². The van der Waals surface area contributed by atoms with Crippen molar-refractivity contribution < 1.29 is 0 Å². The maximum Gasteiger partial charge on any atom is 0.0224 e. The monoisotopic (exact) mass is 164 g/mol. The Morgan fingerprint density at radius 2 is 1.57 bits per heavy atom. The zero-order valence-electron chi connectivity index (χ0n) is 5.29. The molecule has 0 aliphatic heterocycles. The number of rotatable bonds is 2. The Kier molecular flexibility index (Phi) is 2.89. The van der Waals surface area contributed by atoms with Crippen LogP contribution in [0.4, 0.5) is 0 Å². The summed E-state index contributed by atoms with van der Waals surface area (Å²) in [5.41, 5.74) is 0. The second kappa shape index (κ2) is 2.71. The summed E-state index contributed by atoms with van der Waals surface area (Å²) in [6.45, 7) is 6.60. The first-order valence-corrected chi connectivity index (χ1v) is 3.60. The fraction of sp³-hybridized carbons (Fsp3) is 1.00. The minimum atomic E-state index is 0.396. The van der Waals surface area contributed by atoms with Gasteiger partial charge in [-0.15, -0.1) is 0 Å². The van der Waals surface area contributed by atoms with Crippen LogP contribution in [0.5, 0.6) is 0 Å². The molecule has 0 fully saturated rings. The van der Waals surface area contributed by atoms with Crippen LogP contribution in [0.3, 0.4) is 0 Å². The van der Waals surface area contributed by atoms with Gasteiger partial charge in [-0.1, -0.05) is 29.8 Å². The summed E-state index contributed by atoms with van der Waals surface area (Å²) in [7, 11) is 0. The molecule has 0 nitrogen and oxygen atoms in total. The van der Waals surface area contributed by atoms with E-state index in [-0.39, 0.29) is 0 Å². The van der Waals surface area contributed by atoms with E-state index in [1.165, 1.54) is 12.8 Å². The molecule has 0 radical (unpaired) electrons. The summed E-state index contributed by atoms with van der Waals surface area (Å²) in [6.07, 6.45) is 2.42. The van der Waals surface area contributed by atoms with Crippen LogP contribution >= 0.6 is 15.9 Å². The van der Waals surface area contributed by atoms with Gasteiger partial charge in [0.25, 0.3) is 0 Å². The highest BCUT2D eigenvalue weighted by Crippen LogP contribution is 2.24. The van der Waals surface area contributed by atoms with Gasteiger partial charge in [-0.3, -0.25) is 0 Å². The Labute approximate surface area is 54.4 Å². The smallest absolute Gasteiger partial charge is 0.0224 e. The van der Waals surface area contributed by atoms with Gasteiger partial charge in [0, 0.05) is 4.32 Å². The van der Waals surface area contributed by atoms with Crippen LogP contribution < -0.4 is 0 Å². The first kappa shape index (κ1) is 7.48. The lowest BCUT2D eigenvalue weighted by Gasteiger charge is -2.16. The predicted octanol–water partition coefficient (Wildman–Crippen LogP) is 2.96. The van der Waals surface area contributed by atoms with Gasteiger partial charge in [-0.25, -0.2) is 0 Å². The van der Waals surface area contributed by atoms with Crippen LogP contribution in [0, 0.1) is 0 Å². The Hall–Kier alpha value is 0.480. The number of alkyl halides is 1. The fourth-order valence-electron chi connectivity index (χ4n) is 0.250. The highest BCUT2D eigenvalue weighted by molar-refractivity contribution is 9.10. The van der Waals surface area contributed by atoms with E-state index in [4.69, 9.17) is 0 Å². The Balaban J connectivity index is 3.36. The van der Waals surface area contributed by atoms with Crippen molar-refractivity contribution in [1.82, 2.24) is 0 Å². The molecule has 0 N–H and O–H groups in total. The molecule has 0 heterocycles. The van der Waals surface area contributed by atoms with Crippen LogP contribution in [0.25, 0.3) is 0 Å². The molecule has 0 amide bonds. The standard InChI is InChI=1S/C6H13Br/c1-4-6(3,7)5-2/h4-5H2,1-3H3. The van der Waals surface area contributed by atoms with Gasteiger partial charge < -0.3 is 0 Å². The molecular formula is C6H13Br. The lowest BCUT2D eigenvalue weighted by Crippen LogP contribution is -2.10. The minimum Gasteiger partial charge on any atom is -0.0857 e. The van der Waals surface area contributed by atoms with E-state index in [1.807, 2.05) is 0 Å². The molecule has 0 aromatic carbocycles. The Morgan fingerprint density at radius 1 is 1.29 bits per heavy atom. The van der Waals surface area contributed by atoms with Crippen LogP contribution in [-0.2, 0) is 0 Å². The zero-order valence-corrected chi connectivity index (χ0v) is 6.88. The molecule has 1 heteroatoms. The molecule has 0 saturated heterocycles. The van der Waals surface area contributed by atoms with E-state index in [1.54, 1.807) is 0 Å². The molecule has 0 aliphatic rings. The van der Waals surface area contributed by atoms with Gasteiger partial charge in [0.1, 0.15) is 0 Å². The third kappa shape index (κ3) is 3.10. The Bertz CT molecular complexity index is 42.1. The second-order valence-corrected chi connectivity index (χ2v) is 4.03. The highest BCUT2D eigenvalue weighted by atomic mass is 79.9. The number of hydrogen-bond donors (Lipinski definition) is 0. The van der Waals surface area contributed by atoms with E-state index in [0.717, 1.165) is 0 Å². The SMILES string of the molecule is CCC(C)(Br)CC. The molecule has 0 unspecified atom stereocenters. The average Bonchev–Trinajstić information content (AvgIpc) is 1.68. The van der Waals surface area contributed by atoms with Crippen molar-refractivity contribution in [2.45, 2.75) is 37.9 Å². The third-order valence-electron chi connectivity index (χ3n) is 1.47. The lowest BCUT2D eigenvalue weighted by atomic mass is 10.1. The summed E-state index contributed by atoms with van der Waals surface area (Å²) in [5.74, 6) is 0. The van der Waals surface area contributed by atoms with Gasteiger partial charge in [0.05, 0.1) is 0 Å². The zero-order chi connectivity index (χ0) is 5.91. The number of hydrogen-bond acceptors (Lipinski definition) is 0. The van der Waals surface area contributed by atoms with Gasteiger partial charge in [-0.2, -0.15) is 0 Å². The quantitative estimate of drug-likeness (QED) is 0.552. The molecule has 0 spiro atoms. The highest BCUT2D eigenvalue weighted by Gasteiger charge is 2.12. The first-order chi connectivity index (χ1) is 3.12. The molecule has 0 saturated carbocycles. The van der Waals surface area contributed by atoms with Gasteiger partial charge in [0.2, 0.25) is 0 Å². The van der Waals surface area contributed by atoms with Crippen molar-refractivity contribution in [3.05, 3.63) is 0 Å². The lowest BCUT2D eigenvalue weighted by molar-refractivity contribution is 0.614. The minimum absolute atomic E-state index is 0.396. The van der Waals surface area contributed by atoms with Crippen molar-refractivity contribution in [2.24, 2.45) is 0 Å². The maximum atomic E-state index is 3.58. The normalized spacial score (nSPS) is 12.0. The topological polar surface area (TPSA) is 0 Å². The molecular weight excluding hydrogens is 152 g/mol. The summed E-state index contributed by atoms with van der Waals surface area (Å²) in [5, 5.41) is 0. The van der Waals surface area contributed by atoms with E-state index in [2.05, 4.69) is 36.7 Å². The van der Waals surface area contributed by atoms with Crippen molar-refractivity contribution in [3.8, 4) is 0 Å². The van der Waals surface area contributed by atoms with E-state index in [0.29, 0.717) is 4.32 Å². The summed E-state index contributed by atoms with van der Waals surface area (Å²) < 4.78 is 0.396. The van der Waals surface area contributed by atoms with Crippen molar-refractivity contribution in [2.75, 3.05) is 0 Å². The van der Waals surface area contributed by atoms with Crippen molar-refractivity contribution in [3.63, 3.8) is 0 Å². The van der Waals surface area contributed by atoms with Crippen LogP contribution in [0.15, 0.2) is 0 Å². The van der Waals surface area contributed by atoms with Crippen molar-refractivity contribution >= 4 is 15.9 Å². The second-order valence-electron chi connectivity index (χ2n) is 2.12. The average molecular weight is 165 g/mol. The summed E-state index contributed by atoms with van der Waals surface area (Å²) >= 11 is 3.58. The first-order valence-electron chi connectivity index (χ1n) is 2.81. The molecule has 0 aromatic heterocycles. The summed E-state index contributed by atoms with van der Waals surface area (Å²) in [4.78, 5) is 0. The molecule has 0 rings (SSSR count). The molecule has 0 bridgehead atoms. The van der Waals surface area contributed by atoms with E-state index in [9.17, 15) is 0 Å². The molecule has 0 aliphatic carbocycles. The molecule has 7 heavy (non-hydrogen) atoms. The predicted molar refractivity (Wildman–Crippen MR) is 37.9 cm³/mol. The fourth-order valence-corrected chi connectivity index (χ4v) is 0.250. The van der Waals surface area contributed by atoms with E-state index >= 15 is 0 Å². The molecule has 44 valence electrons. The number of halogens is 1. The maximum absolute atomic E-state index is 3.58. The third-order valence-corrected chi connectivity index (χ3v) is 2.60. The van der Waals surface area contributed by atoms with Crippen LogP contribution in [0.2, 0.25) is 0 Å². The largest absolute Gasteiger partial charge is 0.0857 e. The van der Waals surface area contributed by atoms with Gasteiger partial charge in [0.15, 0.2) is 0 Å². The van der Waals surface area contributed by atoms with Gasteiger partial charge >= 0.3 is 0 Å². The molecule has 0 aromatic rings.